The van der Waals surface area contributed by atoms with Gasteiger partial charge in [0.1, 0.15) is 5.75 Å². The maximum atomic E-state index is 6.14. The van der Waals surface area contributed by atoms with E-state index in [-0.39, 0.29) is 18.4 Å². The van der Waals surface area contributed by atoms with Crippen molar-refractivity contribution in [1.29, 1.82) is 0 Å². The molecular formula is C14H19ClN2O. The van der Waals surface area contributed by atoms with E-state index < -0.39 is 0 Å². The smallest absolute Gasteiger partial charge is 0.126 e. The first-order valence-electron chi connectivity index (χ1n) is 5.79. The minimum Gasteiger partial charge on any atom is -0.496 e. The van der Waals surface area contributed by atoms with Gasteiger partial charge < -0.3 is 16.2 Å². The van der Waals surface area contributed by atoms with Gasteiger partial charge in [-0.2, -0.15) is 0 Å². The molecule has 0 bridgehead atoms. The van der Waals surface area contributed by atoms with E-state index in [9.17, 15) is 0 Å². The van der Waals surface area contributed by atoms with Crippen molar-refractivity contribution in [1.82, 2.24) is 0 Å². The highest BCUT2D eigenvalue weighted by atomic mass is 35.5. The first-order valence-corrected chi connectivity index (χ1v) is 5.79. The summed E-state index contributed by atoms with van der Waals surface area (Å²) in [6, 6.07) is 12.1. The van der Waals surface area contributed by atoms with Crippen molar-refractivity contribution < 1.29 is 4.74 Å². The lowest BCUT2D eigenvalue weighted by molar-refractivity contribution is 0.419. The van der Waals surface area contributed by atoms with E-state index in [0.29, 0.717) is 6.54 Å². The summed E-state index contributed by atoms with van der Waals surface area (Å²) in [6.45, 7) is 0.599. The van der Waals surface area contributed by atoms with Crippen LogP contribution >= 0.6 is 12.4 Å². The minimum absolute atomic E-state index is 0. The Balaban J connectivity index is 0.00000162. The summed E-state index contributed by atoms with van der Waals surface area (Å²) >= 11 is 0. The molecular weight excluding hydrogens is 248 g/mol. The number of ether oxygens (including phenoxy) is 1. The van der Waals surface area contributed by atoms with Crippen LogP contribution in [-0.2, 0) is 0 Å². The van der Waals surface area contributed by atoms with Crippen molar-refractivity contribution in [2.24, 2.45) is 11.5 Å². The second-order valence-corrected chi connectivity index (χ2v) is 4.09. The maximum absolute atomic E-state index is 6.14. The van der Waals surface area contributed by atoms with E-state index in [1.165, 1.54) is 0 Å². The standard InChI is InChI=1S/C14H18N2O.ClH/c1-17-14-7-6-11(13(16)8-9-15)10-4-2-3-5-12(10)14;/h2-7,13H,8-9,15-16H2,1H3;1H/t13-;/m0./s1. The first-order chi connectivity index (χ1) is 8.27. The molecule has 3 nitrogen and oxygen atoms in total. The Bertz CT molecular complexity index is 516. The largest absolute Gasteiger partial charge is 0.496 e. The molecule has 0 spiro atoms. The highest BCUT2D eigenvalue weighted by Gasteiger charge is 2.11. The molecule has 0 aliphatic carbocycles. The number of hydrogen-bond donors (Lipinski definition) is 2. The fraction of sp³-hybridized carbons (Fsp3) is 0.286. The number of halogens is 1. The van der Waals surface area contributed by atoms with Gasteiger partial charge in [0.05, 0.1) is 7.11 Å². The maximum Gasteiger partial charge on any atom is 0.126 e. The van der Waals surface area contributed by atoms with Gasteiger partial charge in [-0.3, -0.25) is 0 Å². The number of methoxy groups -OCH3 is 1. The molecule has 0 saturated carbocycles. The Morgan fingerprint density at radius 1 is 1.11 bits per heavy atom. The topological polar surface area (TPSA) is 61.3 Å². The van der Waals surface area contributed by atoms with E-state index in [4.69, 9.17) is 16.2 Å². The van der Waals surface area contributed by atoms with Crippen LogP contribution in [0.15, 0.2) is 36.4 Å². The molecule has 0 heterocycles. The number of fused-ring (bicyclic) bond motifs is 1. The van der Waals surface area contributed by atoms with Crippen molar-refractivity contribution >= 4 is 23.2 Å². The quantitative estimate of drug-likeness (QED) is 0.894. The van der Waals surface area contributed by atoms with Crippen LogP contribution in [0.3, 0.4) is 0 Å². The lowest BCUT2D eigenvalue weighted by Gasteiger charge is -2.15. The molecule has 2 rings (SSSR count). The average molecular weight is 267 g/mol. The van der Waals surface area contributed by atoms with Crippen LogP contribution in [0.4, 0.5) is 0 Å². The molecule has 2 aromatic carbocycles. The highest BCUT2D eigenvalue weighted by Crippen LogP contribution is 2.31. The monoisotopic (exact) mass is 266 g/mol. The Morgan fingerprint density at radius 3 is 2.39 bits per heavy atom. The van der Waals surface area contributed by atoms with Crippen molar-refractivity contribution in [3.63, 3.8) is 0 Å². The molecule has 4 N–H and O–H groups in total. The summed E-state index contributed by atoms with van der Waals surface area (Å²) in [5.41, 5.74) is 12.8. The van der Waals surface area contributed by atoms with Crippen LogP contribution in [-0.4, -0.2) is 13.7 Å². The van der Waals surface area contributed by atoms with Gasteiger partial charge in [-0.05, 0) is 30.0 Å². The van der Waals surface area contributed by atoms with Crippen LogP contribution in [0.1, 0.15) is 18.0 Å². The SMILES string of the molecule is COc1ccc([C@@H](N)CCN)c2ccccc12.Cl. The summed E-state index contributed by atoms with van der Waals surface area (Å²) in [6.07, 6.45) is 0.788. The first kappa shape index (κ1) is 14.8. The molecule has 2 aromatic rings. The van der Waals surface area contributed by atoms with E-state index in [1.54, 1.807) is 7.11 Å². The predicted octanol–water partition coefficient (Wildman–Crippen LogP) is 2.62. The van der Waals surface area contributed by atoms with Crippen molar-refractivity contribution in [3.8, 4) is 5.75 Å². The average Bonchev–Trinajstić information content (AvgIpc) is 2.37. The van der Waals surface area contributed by atoms with Crippen LogP contribution in [0.25, 0.3) is 10.8 Å². The third kappa shape index (κ3) is 2.75. The zero-order valence-electron chi connectivity index (χ0n) is 10.4. The second-order valence-electron chi connectivity index (χ2n) is 4.09. The third-order valence-electron chi connectivity index (χ3n) is 3.01. The molecule has 0 radical (unpaired) electrons. The zero-order valence-corrected chi connectivity index (χ0v) is 11.2. The zero-order chi connectivity index (χ0) is 12.3. The number of nitrogens with two attached hydrogens (primary N) is 2. The number of rotatable bonds is 4. The summed E-state index contributed by atoms with van der Waals surface area (Å²) in [5.74, 6) is 0.879. The van der Waals surface area contributed by atoms with Crippen LogP contribution in [0.2, 0.25) is 0 Å². The van der Waals surface area contributed by atoms with Crippen molar-refractivity contribution in [3.05, 3.63) is 42.0 Å². The number of hydrogen-bond acceptors (Lipinski definition) is 3. The van der Waals surface area contributed by atoms with Gasteiger partial charge in [0, 0.05) is 11.4 Å². The van der Waals surface area contributed by atoms with Gasteiger partial charge in [-0.25, -0.2) is 0 Å². The molecule has 0 aliphatic rings. The fourth-order valence-corrected chi connectivity index (χ4v) is 2.13. The lowest BCUT2D eigenvalue weighted by Crippen LogP contribution is -2.15. The Hall–Kier alpha value is -1.29. The molecule has 1 atom stereocenters. The Labute approximate surface area is 114 Å². The molecule has 0 saturated heterocycles. The Morgan fingerprint density at radius 2 is 1.78 bits per heavy atom. The summed E-state index contributed by atoms with van der Waals surface area (Å²) in [7, 11) is 1.68. The molecule has 4 heteroatoms. The van der Waals surface area contributed by atoms with Gasteiger partial charge >= 0.3 is 0 Å². The molecule has 98 valence electrons. The van der Waals surface area contributed by atoms with Crippen molar-refractivity contribution in [2.75, 3.05) is 13.7 Å². The van der Waals surface area contributed by atoms with Gasteiger partial charge in [-0.1, -0.05) is 30.3 Å². The molecule has 0 aromatic heterocycles. The van der Waals surface area contributed by atoms with Gasteiger partial charge in [-0.15, -0.1) is 12.4 Å². The van der Waals surface area contributed by atoms with E-state index >= 15 is 0 Å². The molecule has 0 unspecified atom stereocenters. The summed E-state index contributed by atoms with van der Waals surface area (Å²) in [5, 5.41) is 2.24. The third-order valence-corrected chi connectivity index (χ3v) is 3.01. The van der Waals surface area contributed by atoms with E-state index in [2.05, 4.69) is 6.07 Å². The molecule has 18 heavy (non-hydrogen) atoms. The van der Waals surface area contributed by atoms with E-state index in [1.807, 2.05) is 30.3 Å². The predicted molar refractivity (Wildman–Crippen MR) is 78.3 cm³/mol. The molecule has 0 aliphatic heterocycles. The van der Waals surface area contributed by atoms with Crippen LogP contribution in [0, 0.1) is 0 Å². The molecule has 0 amide bonds. The summed E-state index contributed by atoms with van der Waals surface area (Å²) in [4.78, 5) is 0. The fourth-order valence-electron chi connectivity index (χ4n) is 2.13. The van der Waals surface area contributed by atoms with Crippen LogP contribution in [0.5, 0.6) is 5.75 Å². The molecule has 0 fully saturated rings. The van der Waals surface area contributed by atoms with Gasteiger partial charge in [0.2, 0.25) is 0 Å². The number of benzene rings is 2. The van der Waals surface area contributed by atoms with Gasteiger partial charge in [0.25, 0.3) is 0 Å². The second kappa shape index (κ2) is 6.59. The Kier molecular flexibility index (Phi) is 5.41. The lowest BCUT2D eigenvalue weighted by atomic mass is 9.97. The highest BCUT2D eigenvalue weighted by molar-refractivity contribution is 5.91. The van der Waals surface area contributed by atoms with Gasteiger partial charge in [0.15, 0.2) is 0 Å². The summed E-state index contributed by atoms with van der Waals surface area (Å²) < 4.78 is 5.36. The minimum atomic E-state index is -0.0178. The normalized spacial score (nSPS) is 11.9. The van der Waals surface area contributed by atoms with Crippen LogP contribution < -0.4 is 16.2 Å². The van der Waals surface area contributed by atoms with E-state index in [0.717, 1.165) is 28.5 Å². The van der Waals surface area contributed by atoms with Crippen molar-refractivity contribution in [2.45, 2.75) is 12.5 Å².